The van der Waals surface area contributed by atoms with Crippen LogP contribution in [0.2, 0.25) is 0 Å². The van der Waals surface area contributed by atoms with Crippen LogP contribution < -0.4 is 4.74 Å². The summed E-state index contributed by atoms with van der Waals surface area (Å²) in [7, 11) is 0. The molecule has 0 aliphatic carbocycles. The lowest BCUT2D eigenvalue weighted by Crippen LogP contribution is -2.01. The number of hydrogen-bond donors (Lipinski definition) is 0. The van der Waals surface area contributed by atoms with Gasteiger partial charge in [-0.3, -0.25) is 0 Å². The lowest BCUT2D eigenvalue weighted by atomic mass is 10.3. The molecule has 0 saturated carbocycles. The third kappa shape index (κ3) is 4.39. The van der Waals surface area contributed by atoms with E-state index in [-0.39, 0.29) is 5.75 Å². The van der Waals surface area contributed by atoms with E-state index in [1.165, 1.54) is 18.2 Å². The number of rotatable bonds is 7. The molecule has 0 heterocycles. The molecule has 1 nitrogen and oxygen atoms in total. The standard InChI is InChI=1S/C12H16F2OS/c1-2-16-9-4-3-8-15-12-10(13)6-5-7-11(12)14/h5-7H,2-4,8-9H2,1H3. The molecule has 4 heteroatoms. The zero-order valence-corrected chi connectivity index (χ0v) is 10.2. The maximum Gasteiger partial charge on any atom is 0.190 e. The minimum Gasteiger partial charge on any atom is -0.488 e. The first-order valence-corrected chi connectivity index (χ1v) is 6.55. The van der Waals surface area contributed by atoms with Crippen molar-refractivity contribution in [2.75, 3.05) is 18.1 Å². The largest absolute Gasteiger partial charge is 0.488 e. The van der Waals surface area contributed by atoms with E-state index in [0.29, 0.717) is 6.61 Å². The lowest BCUT2D eigenvalue weighted by Gasteiger charge is -2.07. The molecule has 0 unspecified atom stereocenters. The van der Waals surface area contributed by atoms with Gasteiger partial charge in [0.15, 0.2) is 17.4 Å². The molecule has 16 heavy (non-hydrogen) atoms. The van der Waals surface area contributed by atoms with Crippen molar-refractivity contribution in [2.24, 2.45) is 0 Å². The van der Waals surface area contributed by atoms with Crippen LogP contribution in [0.1, 0.15) is 19.8 Å². The van der Waals surface area contributed by atoms with Gasteiger partial charge in [0.25, 0.3) is 0 Å². The summed E-state index contributed by atoms with van der Waals surface area (Å²) in [5.74, 6) is 0.638. The predicted molar refractivity (Wildman–Crippen MR) is 64.1 cm³/mol. The van der Waals surface area contributed by atoms with Crippen LogP contribution in [0.3, 0.4) is 0 Å². The van der Waals surface area contributed by atoms with Gasteiger partial charge in [-0.2, -0.15) is 11.8 Å². The van der Waals surface area contributed by atoms with E-state index in [0.717, 1.165) is 24.3 Å². The highest BCUT2D eigenvalue weighted by Crippen LogP contribution is 2.21. The number of benzene rings is 1. The highest BCUT2D eigenvalue weighted by molar-refractivity contribution is 7.99. The van der Waals surface area contributed by atoms with Gasteiger partial charge in [0, 0.05) is 0 Å². The molecular weight excluding hydrogens is 230 g/mol. The summed E-state index contributed by atoms with van der Waals surface area (Å²) < 4.78 is 31.3. The molecule has 0 radical (unpaired) electrons. The van der Waals surface area contributed by atoms with Crippen molar-refractivity contribution in [2.45, 2.75) is 19.8 Å². The summed E-state index contributed by atoms with van der Waals surface area (Å²) in [5.41, 5.74) is 0. The number of unbranched alkanes of at least 4 members (excludes halogenated alkanes) is 1. The van der Waals surface area contributed by atoms with E-state index < -0.39 is 11.6 Å². The second kappa shape index (κ2) is 7.49. The van der Waals surface area contributed by atoms with Gasteiger partial charge in [-0.25, -0.2) is 8.78 Å². The van der Waals surface area contributed by atoms with E-state index in [9.17, 15) is 8.78 Å². The quantitative estimate of drug-likeness (QED) is 0.675. The van der Waals surface area contributed by atoms with Gasteiger partial charge >= 0.3 is 0 Å². The molecule has 90 valence electrons. The predicted octanol–water partition coefficient (Wildman–Crippen LogP) is 3.88. The smallest absolute Gasteiger partial charge is 0.190 e. The van der Waals surface area contributed by atoms with Crippen molar-refractivity contribution >= 4 is 11.8 Å². The van der Waals surface area contributed by atoms with Crippen LogP contribution in [0.15, 0.2) is 18.2 Å². The maximum absolute atomic E-state index is 13.1. The number of para-hydroxylation sites is 1. The number of halogens is 2. The summed E-state index contributed by atoms with van der Waals surface area (Å²) in [6.07, 6.45) is 1.83. The van der Waals surface area contributed by atoms with Crippen molar-refractivity contribution in [3.8, 4) is 5.75 Å². The molecule has 1 aromatic carbocycles. The first kappa shape index (κ1) is 13.3. The molecule has 0 N–H and O–H groups in total. The Morgan fingerprint density at radius 3 is 2.50 bits per heavy atom. The lowest BCUT2D eigenvalue weighted by molar-refractivity contribution is 0.279. The molecule has 0 fully saturated rings. The Morgan fingerprint density at radius 1 is 1.19 bits per heavy atom. The Labute approximate surface area is 99.2 Å². The van der Waals surface area contributed by atoms with Crippen LogP contribution in [-0.4, -0.2) is 18.1 Å². The number of thioether (sulfide) groups is 1. The zero-order valence-electron chi connectivity index (χ0n) is 9.34. The van der Waals surface area contributed by atoms with Gasteiger partial charge in [-0.15, -0.1) is 0 Å². The van der Waals surface area contributed by atoms with Crippen molar-refractivity contribution in [1.82, 2.24) is 0 Å². The van der Waals surface area contributed by atoms with Gasteiger partial charge in [0.2, 0.25) is 0 Å². The van der Waals surface area contributed by atoms with Crippen LogP contribution >= 0.6 is 11.8 Å². The summed E-state index contributed by atoms with van der Waals surface area (Å²) >= 11 is 1.86. The van der Waals surface area contributed by atoms with Crippen LogP contribution in [0, 0.1) is 11.6 Å². The number of hydrogen-bond acceptors (Lipinski definition) is 2. The highest BCUT2D eigenvalue weighted by Gasteiger charge is 2.08. The highest BCUT2D eigenvalue weighted by atomic mass is 32.2. The molecule has 0 spiro atoms. The molecule has 0 aliphatic rings. The third-order valence-corrected chi connectivity index (χ3v) is 3.04. The van der Waals surface area contributed by atoms with Gasteiger partial charge in [0.1, 0.15) is 0 Å². The topological polar surface area (TPSA) is 9.23 Å². The van der Waals surface area contributed by atoms with Gasteiger partial charge in [0.05, 0.1) is 6.61 Å². The van der Waals surface area contributed by atoms with E-state index in [1.54, 1.807) is 0 Å². The molecule has 1 aromatic rings. The second-order valence-corrected chi connectivity index (χ2v) is 4.70. The van der Waals surface area contributed by atoms with Crippen LogP contribution in [0.25, 0.3) is 0 Å². The molecular formula is C12H16F2OS. The molecule has 0 bridgehead atoms. The van der Waals surface area contributed by atoms with Crippen molar-refractivity contribution < 1.29 is 13.5 Å². The normalized spacial score (nSPS) is 10.4. The Morgan fingerprint density at radius 2 is 1.88 bits per heavy atom. The summed E-state index contributed by atoms with van der Waals surface area (Å²) in [5, 5.41) is 0. The fourth-order valence-corrected chi connectivity index (χ4v) is 1.94. The van der Waals surface area contributed by atoms with Crippen LogP contribution in [0.4, 0.5) is 8.78 Å². The fraction of sp³-hybridized carbons (Fsp3) is 0.500. The molecule has 0 aliphatic heterocycles. The maximum atomic E-state index is 13.1. The van der Waals surface area contributed by atoms with Crippen LogP contribution in [-0.2, 0) is 0 Å². The van der Waals surface area contributed by atoms with Gasteiger partial charge in [-0.05, 0) is 36.5 Å². The van der Waals surface area contributed by atoms with E-state index in [4.69, 9.17) is 4.74 Å². The van der Waals surface area contributed by atoms with Gasteiger partial charge in [-0.1, -0.05) is 13.0 Å². The zero-order chi connectivity index (χ0) is 11.8. The molecule has 0 amide bonds. The first-order valence-electron chi connectivity index (χ1n) is 5.40. The van der Waals surface area contributed by atoms with Crippen molar-refractivity contribution in [1.29, 1.82) is 0 Å². The first-order chi connectivity index (χ1) is 7.75. The second-order valence-electron chi connectivity index (χ2n) is 3.30. The summed E-state index contributed by atoms with van der Waals surface area (Å²) in [6, 6.07) is 3.73. The summed E-state index contributed by atoms with van der Waals surface area (Å²) in [6.45, 7) is 2.47. The average Bonchev–Trinajstić information content (AvgIpc) is 2.26. The fourth-order valence-electron chi connectivity index (χ4n) is 1.25. The molecule has 0 saturated heterocycles. The Balaban J connectivity index is 2.26. The average molecular weight is 246 g/mol. The molecule has 0 aromatic heterocycles. The summed E-state index contributed by atoms with van der Waals surface area (Å²) in [4.78, 5) is 0. The minimum absolute atomic E-state index is 0.259. The SMILES string of the molecule is CCSCCCCOc1c(F)cccc1F. The number of ether oxygens (including phenoxy) is 1. The van der Waals surface area contributed by atoms with Gasteiger partial charge < -0.3 is 4.74 Å². The van der Waals surface area contributed by atoms with E-state index in [1.807, 2.05) is 11.8 Å². The monoisotopic (exact) mass is 246 g/mol. The Bertz CT molecular complexity index is 298. The third-order valence-electron chi connectivity index (χ3n) is 2.05. The Hall–Kier alpha value is -0.770. The minimum atomic E-state index is -0.636. The Kier molecular flexibility index (Phi) is 6.23. The van der Waals surface area contributed by atoms with Crippen molar-refractivity contribution in [3.63, 3.8) is 0 Å². The van der Waals surface area contributed by atoms with Crippen molar-refractivity contribution in [3.05, 3.63) is 29.8 Å². The molecule has 0 atom stereocenters. The van der Waals surface area contributed by atoms with E-state index >= 15 is 0 Å². The van der Waals surface area contributed by atoms with Crippen LogP contribution in [0.5, 0.6) is 5.75 Å². The molecule has 1 rings (SSSR count). The van der Waals surface area contributed by atoms with E-state index in [2.05, 4.69) is 6.92 Å².